The summed E-state index contributed by atoms with van der Waals surface area (Å²) in [5, 5.41) is 2.91. The molecule has 2 nitrogen and oxygen atoms in total. The van der Waals surface area contributed by atoms with Gasteiger partial charge in [0.2, 0.25) is 0 Å². The van der Waals surface area contributed by atoms with Gasteiger partial charge in [-0.1, -0.05) is 13.0 Å². The zero-order valence-corrected chi connectivity index (χ0v) is 9.40. The molecule has 0 fully saturated rings. The van der Waals surface area contributed by atoms with Gasteiger partial charge in [-0.3, -0.25) is 0 Å². The van der Waals surface area contributed by atoms with E-state index in [1.54, 1.807) is 6.08 Å². The van der Waals surface area contributed by atoms with E-state index < -0.39 is 18.2 Å². The molecule has 1 aliphatic heterocycles. The molecule has 0 spiro atoms. The SMILES string of the molecule is C=C[C@@]1(C)C(OCC(F)(F)F)=CNCC1C. The third kappa shape index (κ3) is 2.71. The molecule has 1 rings (SSSR count). The Morgan fingerprint density at radius 3 is 2.81 bits per heavy atom. The number of rotatable bonds is 3. The molecule has 0 saturated heterocycles. The number of nitrogens with one attached hydrogen (secondary N) is 1. The second-order valence-electron chi connectivity index (χ2n) is 4.21. The molecule has 5 heteroatoms. The third-order valence-corrected chi connectivity index (χ3v) is 3.03. The van der Waals surface area contributed by atoms with Gasteiger partial charge in [0.15, 0.2) is 6.61 Å². The summed E-state index contributed by atoms with van der Waals surface area (Å²) in [5.41, 5.74) is -0.545. The summed E-state index contributed by atoms with van der Waals surface area (Å²) >= 11 is 0. The quantitative estimate of drug-likeness (QED) is 0.759. The maximum absolute atomic E-state index is 12.1. The van der Waals surface area contributed by atoms with Crippen LogP contribution in [0.1, 0.15) is 13.8 Å². The minimum atomic E-state index is -4.32. The van der Waals surface area contributed by atoms with Gasteiger partial charge >= 0.3 is 6.18 Å². The molecule has 0 aromatic heterocycles. The van der Waals surface area contributed by atoms with Gasteiger partial charge in [-0.05, 0) is 12.8 Å². The number of alkyl halides is 3. The molecule has 0 amide bonds. The van der Waals surface area contributed by atoms with Gasteiger partial charge in [0.25, 0.3) is 0 Å². The lowest BCUT2D eigenvalue weighted by molar-refractivity contribution is -0.169. The smallest absolute Gasteiger partial charge is 0.422 e. The van der Waals surface area contributed by atoms with Crippen molar-refractivity contribution in [1.29, 1.82) is 0 Å². The molecule has 16 heavy (non-hydrogen) atoms. The summed E-state index contributed by atoms with van der Waals surface area (Å²) in [6.45, 7) is 6.87. The van der Waals surface area contributed by atoms with Gasteiger partial charge in [-0.2, -0.15) is 13.2 Å². The average Bonchev–Trinajstić information content (AvgIpc) is 2.19. The minimum Gasteiger partial charge on any atom is -0.486 e. The van der Waals surface area contributed by atoms with E-state index >= 15 is 0 Å². The molecule has 0 aromatic carbocycles. The highest BCUT2D eigenvalue weighted by Crippen LogP contribution is 2.39. The lowest BCUT2D eigenvalue weighted by Crippen LogP contribution is -2.39. The molecule has 0 saturated carbocycles. The van der Waals surface area contributed by atoms with E-state index in [2.05, 4.69) is 11.9 Å². The first kappa shape index (κ1) is 12.9. The van der Waals surface area contributed by atoms with Crippen LogP contribution < -0.4 is 5.32 Å². The molecule has 1 heterocycles. The molecule has 1 N–H and O–H groups in total. The van der Waals surface area contributed by atoms with E-state index in [0.717, 1.165) is 0 Å². The molecular formula is C11H16F3NO. The van der Waals surface area contributed by atoms with Crippen molar-refractivity contribution in [2.45, 2.75) is 20.0 Å². The van der Waals surface area contributed by atoms with E-state index in [1.165, 1.54) is 6.20 Å². The Balaban J connectivity index is 2.77. The molecule has 0 radical (unpaired) electrons. The van der Waals surface area contributed by atoms with Gasteiger partial charge in [-0.25, -0.2) is 0 Å². The Morgan fingerprint density at radius 1 is 1.69 bits per heavy atom. The number of hydrogen-bond donors (Lipinski definition) is 1. The van der Waals surface area contributed by atoms with Crippen LogP contribution in [0.15, 0.2) is 24.6 Å². The second kappa shape index (κ2) is 4.39. The fourth-order valence-electron chi connectivity index (χ4n) is 1.60. The van der Waals surface area contributed by atoms with Crippen LogP contribution in [0.25, 0.3) is 0 Å². The summed E-state index contributed by atoms with van der Waals surface area (Å²) in [6.07, 6.45) is -1.18. The van der Waals surface area contributed by atoms with Gasteiger partial charge in [0.05, 0.1) is 0 Å². The standard InChI is InChI=1S/C11H16F3NO/c1-4-10(3)8(2)5-15-6-9(10)16-7-11(12,13)14/h4,6,8,15H,1,5,7H2,2-3H3/t8?,10-/m1/s1. The van der Waals surface area contributed by atoms with Crippen molar-refractivity contribution in [3.63, 3.8) is 0 Å². The van der Waals surface area contributed by atoms with Crippen LogP contribution in [0, 0.1) is 11.3 Å². The summed E-state index contributed by atoms with van der Waals surface area (Å²) in [6, 6.07) is 0. The molecule has 1 unspecified atom stereocenters. The maximum Gasteiger partial charge on any atom is 0.422 e. The van der Waals surface area contributed by atoms with Crippen LogP contribution >= 0.6 is 0 Å². The topological polar surface area (TPSA) is 21.3 Å². The molecule has 0 aromatic rings. The van der Waals surface area contributed by atoms with E-state index in [0.29, 0.717) is 12.3 Å². The van der Waals surface area contributed by atoms with Crippen LogP contribution in [-0.4, -0.2) is 19.3 Å². The largest absolute Gasteiger partial charge is 0.486 e. The molecule has 0 aliphatic carbocycles. The third-order valence-electron chi connectivity index (χ3n) is 3.03. The van der Waals surface area contributed by atoms with E-state index in [9.17, 15) is 13.2 Å². The van der Waals surface area contributed by atoms with Crippen molar-refractivity contribution in [3.05, 3.63) is 24.6 Å². The van der Waals surface area contributed by atoms with E-state index in [1.807, 2.05) is 13.8 Å². The van der Waals surface area contributed by atoms with Crippen LogP contribution in [0.5, 0.6) is 0 Å². The fraction of sp³-hybridized carbons (Fsp3) is 0.636. The van der Waals surface area contributed by atoms with Crippen molar-refractivity contribution in [2.75, 3.05) is 13.2 Å². The lowest BCUT2D eigenvalue weighted by atomic mass is 9.75. The summed E-state index contributed by atoms with van der Waals surface area (Å²) in [7, 11) is 0. The highest BCUT2D eigenvalue weighted by molar-refractivity contribution is 5.19. The van der Waals surface area contributed by atoms with Gasteiger partial charge in [0, 0.05) is 18.2 Å². The molecular weight excluding hydrogens is 219 g/mol. The lowest BCUT2D eigenvalue weighted by Gasteiger charge is -2.38. The summed E-state index contributed by atoms with van der Waals surface area (Å²) in [5.74, 6) is 0.428. The maximum atomic E-state index is 12.1. The molecule has 92 valence electrons. The average molecular weight is 235 g/mol. The van der Waals surface area contributed by atoms with Gasteiger partial charge in [0.1, 0.15) is 5.76 Å². The Hall–Kier alpha value is -1.13. The predicted octanol–water partition coefficient (Wildman–Crippen LogP) is 2.84. The highest BCUT2D eigenvalue weighted by Gasteiger charge is 2.38. The van der Waals surface area contributed by atoms with Crippen LogP contribution in [-0.2, 0) is 4.74 Å². The fourth-order valence-corrected chi connectivity index (χ4v) is 1.60. The monoisotopic (exact) mass is 235 g/mol. The minimum absolute atomic E-state index is 0.137. The highest BCUT2D eigenvalue weighted by atomic mass is 19.4. The van der Waals surface area contributed by atoms with Crippen molar-refractivity contribution in [2.24, 2.45) is 11.3 Å². The second-order valence-corrected chi connectivity index (χ2v) is 4.21. The Kier molecular flexibility index (Phi) is 3.55. The Labute approximate surface area is 93.2 Å². The van der Waals surface area contributed by atoms with E-state index in [4.69, 9.17) is 4.74 Å². The van der Waals surface area contributed by atoms with Gasteiger partial charge < -0.3 is 10.1 Å². The van der Waals surface area contributed by atoms with Crippen molar-refractivity contribution in [1.82, 2.24) is 5.32 Å². The number of ether oxygens (including phenoxy) is 1. The summed E-state index contributed by atoms with van der Waals surface area (Å²) < 4.78 is 41.0. The van der Waals surface area contributed by atoms with Crippen molar-refractivity contribution in [3.8, 4) is 0 Å². The van der Waals surface area contributed by atoms with Crippen LogP contribution in [0.3, 0.4) is 0 Å². The predicted molar refractivity (Wildman–Crippen MR) is 55.6 cm³/mol. The number of hydrogen-bond acceptors (Lipinski definition) is 2. The number of halogens is 3. The van der Waals surface area contributed by atoms with Gasteiger partial charge in [-0.15, -0.1) is 6.58 Å². The molecule has 2 atom stereocenters. The molecule has 0 bridgehead atoms. The van der Waals surface area contributed by atoms with Crippen molar-refractivity contribution >= 4 is 0 Å². The summed E-state index contributed by atoms with van der Waals surface area (Å²) in [4.78, 5) is 0. The Bertz CT molecular complexity index is 298. The van der Waals surface area contributed by atoms with Crippen LogP contribution in [0.4, 0.5) is 13.2 Å². The van der Waals surface area contributed by atoms with E-state index in [-0.39, 0.29) is 5.92 Å². The van der Waals surface area contributed by atoms with Crippen molar-refractivity contribution < 1.29 is 17.9 Å². The zero-order chi connectivity index (χ0) is 12.4. The first-order chi connectivity index (χ1) is 7.29. The first-order valence-electron chi connectivity index (χ1n) is 5.07. The Morgan fingerprint density at radius 2 is 2.31 bits per heavy atom. The van der Waals surface area contributed by atoms with Crippen LogP contribution in [0.2, 0.25) is 0 Å². The first-order valence-corrected chi connectivity index (χ1v) is 5.07. The normalized spacial score (nSPS) is 30.3. The molecule has 1 aliphatic rings. The number of allylic oxidation sites excluding steroid dienone is 1. The zero-order valence-electron chi connectivity index (χ0n) is 9.40.